The molecule has 21 rings (SSSR count). The van der Waals surface area contributed by atoms with E-state index in [2.05, 4.69) is 337 Å². The summed E-state index contributed by atoms with van der Waals surface area (Å²) in [6.07, 6.45) is 0. The van der Waals surface area contributed by atoms with E-state index in [9.17, 15) is 0 Å². The molecule has 21 aromatic rings. The first kappa shape index (κ1) is 69.6. The van der Waals surface area contributed by atoms with Crippen LogP contribution in [0.2, 0.25) is 0 Å². The first-order valence-corrected chi connectivity index (χ1v) is 38.4. The number of rotatable bonds is 11. The zero-order valence-electron chi connectivity index (χ0n) is 62.4. The van der Waals surface area contributed by atoms with E-state index in [0.29, 0.717) is 17.1 Å². The van der Waals surface area contributed by atoms with Crippen molar-refractivity contribution in [2.45, 2.75) is 0 Å². The molecular formula is C108H68N6O. The standard InChI is InChI=1S/C38H24N2O.C38H24N2.C32H20N2/c1-3-11-25(12-4-1)32-24-35(27-13-5-2-6-14-27)39-37-30-16-8-7-15-29(30)31(23-33(32)37)26-19-21-28(22-20-26)38-40-34-17-9-10-18-36(34)41-38;39-25-26-15-17-27(18-16-26)28-19-21-30(22-20-28)34-23-36-35(29-9-3-1-4-10-29)24-37(31-11-5-2-6-12-31)40-38(36)33-14-8-7-13-32(33)34;1-33-25-16-10-15-24(19-25)28-20-30-29(22-11-4-2-5-12-22)21-31(23-13-6-3-7-14-23)34-32(30)27-18-9-8-17-26(27)28/h1-24H;1-24H;2-21H. The summed E-state index contributed by atoms with van der Waals surface area (Å²) in [5, 5.41) is 19.4. The summed E-state index contributed by atoms with van der Waals surface area (Å²) in [6.45, 7) is 7.46. The summed E-state index contributed by atoms with van der Waals surface area (Å²) < 4.78 is 6.02. The summed E-state index contributed by atoms with van der Waals surface area (Å²) >= 11 is 0. The minimum absolute atomic E-state index is 0.630. The van der Waals surface area contributed by atoms with Gasteiger partial charge in [-0.05, 0) is 173 Å². The van der Waals surface area contributed by atoms with Gasteiger partial charge in [-0.1, -0.05) is 334 Å². The molecule has 0 fully saturated rings. The minimum Gasteiger partial charge on any atom is -0.436 e. The Morgan fingerprint density at radius 3 is 0.904 bits per heavy atom. The highest BCUT2D eigenvalue weighted by Gasteiger charge is 2.21. The Morgan fingerprint density at radius 2 is 0.530 bits per heavy atom. The van der Waals surface area contributed by atoms with Gasteiger partial charge in [-0.2, -0.15) is 5.26 Å². The summed E-state index contributed by atoms with van der Waals surface area (Å²) in [5.41, 5.74) is 29.1. The van der Waals surface area contributed by atoms with Crippen molar-refractivity contribution in [3.05, 3.63) is 429 Å². The zero-order chi connectivity index (χ0) is 77.0. The smallest absolute Gasteiger partial charge is 0.227 e. The van der Waals surface area contributed by atoms with Crippen LogP contribution in [0.15, 0.2) is 417 Å². The van der Waals surface area contributed by atoms with Gasteiger partial charge in [-0.25, -0.2) is 24.8 Å². The maximum absolute atomic E-state index is 9.13. The number of nitrogens with zero attached hydrogens (tertiary/aromatic N) is 6. The molecule has 0 bridgehead atoms. The number of para-hydroxylation sites is 2. The molecule has 0 aliphatic carbocycles. The number of nitriles is 1. The van der Waals surface area contributed by atoms with Crippen molar-refractivity contribution >= 4 is 81.8 Å². The van der Waals surface area contributed by atoms with Crippen LogP contribution in [0.1, 0.15) is 5.56 Å². The van der Waals surface area contributed by atoms with Crippen LogP contribution in [-0.2, 0) is 0 Å². The van der Waals surface area contributed by atoms with Gasteiger partial charge in [0.15, 0.2) is 11.3 Å². The van der Waals surface area contributed by atoms with E-state index < -0.39 is 0 Å². The number of fused-ring (bicyclic) bond motifs is 10. The highest BCUT2D eigenvalue weighted by Crippen LogP contribution is 2.45. The lowest BCUT2D eigenvalue weighted by Crippen LogP contribution is -1.93. The number of oxazole rings is 1. The summed E-state index contributed by atoms with van der Waals surface area (Å²) in [6, 6.07) is 145. The number of hydrogen-bond donors (Lipinski definition) is 0. The fourth-order valence-electron chi connectivity index (χ4n) is 15.8. The number of aromatic nitrogens is 4. The van der Waals surface area contributed by atoms with Crippen molar-refractivity contribution in [2.24, 2.45) is 0 Å². The molecule has 4 aromatic heterocycles. The third-order valence-electron chi connectivity index (χ3n) is 21.5. The fraction of sp³-hybridized carbons (Fsp3) is 0. The third-order valence-corrected chi connectivity index (χ3v) is 21.5. The predicted molar refractivity (Wildman–Crippen MR) is 476 cm³/mol. The quantitative estimate of drug-likeness (QED) is 0.0946. The van der Waals surface area contributed by atoms with Crippen molar-refractivity contribution in [3.63, 3.8) is 0 Å². The molecule has 0 saturated carbocycles. The van der Waals surface area contributed by atoms with Crippen LogP contribution in [0.25, 0.3) is 204 Å². The van der Waals surface area contributed by atoms with Crippen LogP contribution < -0.4 is 0 Å². The molecule has 0 amide bonds. The van der Waals surface area contributed by atoms with Crippen LogP contribution >= 0.6 is 0 Å². The molecule has 0 aliphatic rings. The lowest BCUT2D eigenvalue weighted by Gasteiger charge is -2.16. The van der Waals surface area contributed by atoms with Gasteiger partial charge in [0.2, 0.25) is 5.89 Å². The SMILES string of the molecule is N#Cc1ccc(-c2ccc(-c3cc4c(-c5ccccc5)cc(-c5ccccc5)nc4c4ccccc34)cc2)cc1.[C-]#[N+]c1cccc(-c2cc3c(-c4ccccc4)cc(-c4ccccc4)nc3c3ccccc23)c1.c1ccc(-c2cc(-c3ccccc3)c3cc(-c4ccc(-c5nc6ccccc6o5)cc4)c4ccccc4c3n2)cc1. The Labute approximate surface area is 665 Å². The van der Waals surface area contributed by atoms with Crippen molar-refractivity contribution in [1.82, 2.24) is 19.9 Å². The predicted octanol–water partition coefficient (Wildman–Crippen LogP) is 29.1. The van der Waals surface area contributed by atoms with Gasteiger partial charge in [0.05, 0.1) is 51.8 Å². The highest BCUT2D eigenvalue weighted by atomic mass is 16.3. The second kappa shape index (κ2) is 30.9. The van der Waals surface area contributed by atoms with Crippen LogP contribution in [0.3, 0.4) is 0 Å². The second-order valence-electron chi connectivity index (χ2n) is 28.5. The third kappa shape index (κ3) is 13.8. The van der Waals surface area contributed by atoms with Gasteiger partial charge in [-0.15, -0.1) is 0 Å². The van der Waals surface area contributed by atoms with E-state index in [1.54, 1.807) is 0 Å². The van der Waals surface area contributed by atoms with E-state index in [1.165, 1.54) is 44.2 Å². The van der Waals surface area contributed by atoms with E-state index in [1.807, 2.05) is 91.0 Å². The molecule has 0 spiro atoms. The Bertz CT molecular complexity index is 7260. The van der Waals surface area contributed by atoms with E-state index in [-0.39, 0.29) is 0 Å². The molecule has 0 unspecified atom stereocenters. The van der Waals surface area contributed by atoms with Gasteiger partial charge in [0.25, 0.3) is 0 Å². The summed E-state index contributed by atoms with van der Waals surface area (Å²) in [5.74, 6) is 0.630. The van der Waals surface area contributed by atoms with Crippen LogP contribution in [0, 0.1) is 17.9 Å². The van der Waals surface area contributed by atoms with Crippen molar-refractivity contribution in [2.75, 3.05) is 0 Å². The van der Waals surface area contributed by atoms with Crippen molar-refractivity contribution in [3.8, 4) is 129 Å². The molecule has 536 valence electrons. The topological polar surface area (TPSA) is 92.8 Å². The first-order valence-electron chi connectivity index (χ1n) is 38.4. The lowest BCUT2D eigenvalue weighted by molar-refractivity contribution is 0.620. The minimum atomic E-state index is 0.630. The zero-order valence-corrected chi connectivity index (χ0v) is 62.4. The maximum Gasteiger partial charge on any atom is 0.227 e. The second-order valence-corrected chi connectivity index (χ2v) is 28.5. The van der Waals surface area contributed by atoms with E-state index >= 15 is 0 Å². The van der Waals surface area contributed by atoms with Gasteiger partial charge in [0, 0.05) is 54.6 Å². The van der Waals surface area contributed by atoms with E-state index in [0.717, 1.165) is 149 Å². The number of hydrogen-bond acceptors (Lipinski definition) is 6. The highest BCUT2D eigenvalue weighted by molar-refractivity contribution is 6.19. The van der Waals surface area contributed by atoms with Gasteiger partial charge >= 0.3 is 0 Å². The molecule has 7 heteroatoms. The van der Waals surface area contributed by atoms with Gasteiger partial charge < -0.3 is 4.42 Å². The molecule has 0 atom stereocenters. The number of benzene rings is 17. The average Bonchev–Trinajstić information content (AvgIpc) is 1.23. The maximum atomic E-state index is 9.13. The Kier molecular flexibility index (Phi) is 18.7. The summed E-state index contributed by atoms with van der Waals surface area (Å²) in [4.78, 5) is 24.0. The Hall–Kier alpha value is -15.8. The molecule has 4 heterocycles. The Balaban J connectivity index is 0.000000116. The van der Waals surface area contributed by atoms with Crippen LogP contribution in [-0.4, -0.2) is 19.9 Å². The molecule has 115 heavy (non-hydrogen) atoms. The fourth-order valence-corrected chi connectivity index (χ4v) is 15.8. The average molecular weight is 1470 g/mol. The largest absolute Gasteiger partial charge is 0.436 e. The molecule has 0 radical (unpaired) electrons. The monoisotopic (exact) mass is 1460 g/mol. The molecule has 0 N–H and O–H groups in total. The molecule has 17 aromatic carbocycles. The normalized spacial score (nSPS) is 11.1. The molecule has 7 nitrogen and oxygen atoms in total. The first-order chi connectivity index (χ1) is 56.9. The number of pyridine rings is 3. The van der Waals surface area contributed by atoms with Crippen molar-refractivity contribution < 1.29 is 4.42 Å². The molecule has 0 saturated heterocycles. The molecule has 0 aliphatic heterocycles. The van der Waals surface area contributed by atoms with Gasteiger partial charge in [0.1, 0.15) is 5.52 Å². The van der Waals surface area contributed by atoms with Crippen molar-refractivity contribution in [1.29, 1.82) is 5.26 Å². The van der Waals surface area contributed by atoms with Crippen LogP contribution in [0.4, 0.5) is 5.69 Å². The lowest BCUT2D eigenvalue weighted by atomic mass is 9.90. The van der Waals surface area contributed by atoms with E-state index in [4.69, 9.17) is 31.2 Å². The Morgan fingerprint density at radius 1 is 0.235 bits per heavy atom. The molecular weight excluding hydrogens is 1400 g/mol. The van der Waals surface area contributed by atoms with Crippen LogP contribution in [0.5, 0.6) is 0 Å². The summed E-state index contributed by atoms with van der Waals surface area (Å²) in [7, 11) is 0. The van der Waals surface area contributed by atoms with Gasteiger partial charge in [-0.3, -0.25) is 0 Å².